The summed E-state index contributed by atoms with van der Waals surface area (Å²) >= 11 is 6.45. The van der Waals surface area contributed by atoms with E-state index < -0.39 is 21.8 Å². The fraction of sp³-hybridized carbons (Fsp3) is 0.200. The molecule has 0 amide bonds. The molecule has 1 N–H and O–H groups in total. The Kier molecular flexibility index (Phi) is 7.00. The lowest BCUT2D eigenvalue weighted by molar-refractivity contribution is -0.137. The van der Waals surface area contributed by atoms with Crippen LogP contribution < -0.4 is 4.72 Å². The fourth-order valence-electron chi connectivity index (χ4n) is 3.76. The van der Waals surface area contributed by atoms with Crippen LogP contribution >= 0.6 is 11.6 Å². The van der Waals surface area contributed by atoms with Gasteiger partial charge in [0, 0.05) is 6.54 Å². The van der Waals surface area contributed by atoms with E-state index in [0.717, 1.165) is 48.3 Å². The van der Waals surface area contributed by atoms with Crippen LogP contribution in [0.5, 0.6) is 0 Å². The van der Waals surface area contributed by atoms with Crippen molar-refractivity contribution in [2.24, 2.45) is 0 Å². The number of methoxy groups -OCH3 is 1. The van der Waals surface area contributed by atoms with Gasteiger partial charge in [0.1, 0.15) is 11.6 Å². The summed E-state index contributed by atoms with van der Waals surface area (Å²) < 4.78 is 72.1. The summed E-state index contributed by atoms with van der Waals surface area (Å²) in [6, 6.07) is 3.33. The minimum absolute atomic E-state index is 0.235. The second-order valence-electron chi connectivity index (χ2n) is 7.88. The average Bonchev–Trinajstić information content (AvgIpc) is 2.80. The summed E-state index contributed by atoms with van der Waals surface area (Å²) in [5, 5.41) is 0.426. The maximum Gasteiger partial charge on any atom is 0.416 e. The molecule has 0 saturated carbocycles. The fourth-order valence-corrected chi connectivity index (χ4v) is 5.04. The maximum absolute atomic E-state index is 12.9. The number of halogens is 4. The molecule has 5 nitrogen and oxygen atoms in total. The number of sulfonamides is 1. The number of alkyl halides is 3. The standard InChI is InChI=1S/C25H22ClF3N2O3S/c1-34-20-6-4-2-3-5-17(15-20)18-13-14-31-23(16-18)22(26)11-12-24(31)30-35(32,33)21-9-7-19(8-10-21)25(27,28)29/h4-13,15-16,30H,2-3,14H2,1H3. The summed E-state index contributed by atoms with van der Waals surface area (Å²) in [4.78, 5) is 1.41. The number of ether oxygens (including phenoxy) is 1. The number of nitrogens with zero attached hydrogens (tertiary/aromatic N) is 1. The van der Waals surface area contributed by atoms with Crippen molar-refractivity contribution in [2.45, 2.75) is 23.9 Å². The zero-order chi connectivity index (χ0) is 25.2. The van der Waals surface area contributed by atoms with Crippen molar-refractivity contribution >= 4 is 21.6 Å². The van der Waals surface area contributed by atoms with Gasteiger partial charge in [0.25, 0.3) is 10.0 Å². The van der Waals surface area contributed by atoms with Gasteiger partial charge in [-0.05, 0) is 78.6 Å². The third kappa shape index (κ3) is 5.57. The van der Waals surface area contributed by atoms with Gasteiger partial charge in [0.05, 0.1) is 28.3 Å². The Labute approximate surface area is 207 Å². The summed E-state index contributed by atoms with van der Waals surface area (Å²) in [7, 11) is -2.53. The zero-order valence-electron chi connectivity index (χ0n) is 18.6. The first-order chi connectivity index (χ1) is 16.6. The van der Waals surface area contributed by atoms with Crippen molar-refractivity contribution in [1.82, 2.24) is 9.62 Å². The highest BCUT2D eigenvalue weighted by Gasteiger charge is 2.31. The highest BCUT2D eigenvalue weighted by atomic mass is 35.5. The van der Waals surface area contributed by atoms with E-state index in [1.165, 1.54) is 6.08 Å². The Morgan fingerprint density at radius 3 is 2.43 bits per heavy atom. The van der Waals surface area contributed by atoms with E-state index in [1.807, 2.05) is 30.4 Å². The van der Waals surface area contributed by atoms with E-state index in [9.17, 15) is 21.6 Å². The third-order valence-corrected chi connectivity index (χ3v) is 7.27. The molecule has 1 aliphatic carbocycles. The molecule has 1 aromatic carbocycles. The molecule has 184 valence electrons. The van der Waals surface area contributed by atoms with Crippen LogP contribution in [0.4, 0.5) is 13.2 Å². The first kappa shape index (κ1) is 24.9. The van der Waals surface area contributed by atoms with Gasteiger partial charge in [0.2, 0.25) is 0 Å². The van der Waals surface area contributed by atoms with Crippen LogP contribution in [0, 0.1) is 0 Å². The van der Waals surface area contributed by atoms with Crippen molar-refractivity contribution in [3.63, 3.8) is 0 Å². The first-order valence-corrected chi connectivity index (χ1v) is 12.5. The van der Waals surface area contributed by atoms with Gasteiger partial charge in [-0.3, -0.25) is 4.72 Å². The summed E-state index contributed by atoms with van der Waals surface area (Å²) in [6.07, 6.45) is 12.1. The Bertz CT molecular complexity index is 1330. The third-order valence-electron chi connectivity index (χ3n) is 5.58. The van der Waals surface area contributed by atoms with Gasteiger partial charge in [-0.2, -0.15) is 13.2 Å². The zero-order valence-corrected chi connectivity index (χ0v) is 20.2. The van der Waals surface area contributed by atoms with Crippen LogP contribution in [0.15, 0.2) is 111 Å². The maximum atomic E-state index is 12.9. The number of hydrogen-bond acceptors (Lipinski definition) is 4. The quantitative estimate of drug-likeness (QED) is 0.523. The Morgan fingerprint density at radius 2 is 1.74 bits per heavy atom. The minimum atomic E-state index is -4.55. The van der Waals surface area contributed by atoms with E-state index in [0.29, 0.717) is 23.0 Å². The molecule has 2 heterocycles. The largest absolute Gasteiger partial charge is 0.497 e. The van der Waals surface area contributed by atoms with Gasteiger partial charge in [-0.15, -0.1) is 0 Å². The Morgan fingerprint density at radius 1 is 1.03 bits per heavy atom. The molecule has 0 aromatic heterocycles. The topological polar surface area (TPSA) is 58.6 Å². The molecule has 0 unspecified atom stereocenters. The molecular weight excluding hydrogens is 501 g/mol. The van der Waals surface area contributed by atoms with Gasteiger partial charge in [-0.25, -0.2) is 8.42 Å². The van der Waals surface area contributed by atoms with Gasteiger partial charge < -0.3 is 9.64 Å². The van der Waals surface area contributed by atoms with Crippen molar-refractivity contribution in [2.75, 3.05) is 13.7 Å². The number of rotatable bonds is 5. The number of hydrogen-bond donors (Lipinski definition) is 1. The Hall–Kier alpha value is -3.17. The van der Waals surface area contributed by atoms with Crippen LogP contribution in [-0.2, 0) is 20.9 Å². The van der Waals surface area contributed by atoms with Crippen molar-refractivity contribution in [3.05, 3.63) is 112 Å². The summed E-state index contributed by atoms with van der Waals surface area (Å²) in [5.74, 6) is 0.950. The molecule has 0 saturated heterocycles. The summed E-state index contributed by atoms with van der Waals surface area (Å²) in [5.41, 5.74) is 1.55. The summed E-state index contributed by atoms with van der Waals surface area (Å²) in [6.45, 7) is 0.329. The SMILES string of the molecule is COC1=CC(C2=CCN3C(NS(=O)(=O)c4ccc(C(F)(F)F)cc4)=CC=C(Cl)C3=C2)=CCCC=C1. The van der Waals surface area contributed by atoms with E-state index in [1.54, 1.807) is 18.1 Å². The molecule has 0 bridgehead atoms. The molecule has 10 heteroatoms. The minimum Gasteiger partial charge on any atom is -0.497 e. The molecule has 3 aliphatic rings. The second kappa shape index (κ2) is 9.83. The molecule has 0 atom stereocenters. The first-order valence-electron chi connectivity index (χ1n) is 10.7. The van der Waals surface area contributed by atoms with Crippen molar-refractivity contribution in [1.29, 1.82) is 0 Å². The highest BCUT2D eigenvalue weighted by molar-refractivity contribution is 7.89. The van der Waals surface area contributed by atoms with E-state index >= 15 is 0 Å². The molecule has 1 aromatic rings. The molecule has 0 spiro atoms. The highest BCUT2D eigenvalue weighted by Crippen LogP contribution is 2.34. The van der Waals surface area contributed by atoms with Crippen molar-refractivity contribution < 1.29 is 26.3 Å². The smallest absolute Gasteiger partial charge is 0.416 e. The molecule has 0 radical (unpaired) electrons. The van der Waals surface area contributed by atoms with Gasteiger partial charge >= 0.3 is 6.18 Å². The second-order valence-corrected chi connectivity index (χ2v) is 9.97. The van der Waals surface area contributed by atoms with E-state index in [4.69, 9.17) is 16.3 Å². The number of allylic oxidation sites excluding steroid dienone is 10. The van der Waals surface area contributed by atoms with Crippen LogP contribution in [-0.4, -0.2) is 27.0 Å². The lowest BCUT2D eigenvalue weighted by atomic mass is 9.97. The predicted octanol–water partition coefficient (Wildman–Crippen LogP) is 5.89. The lowest BCUT2D eigenvalue weighted by Gasteiger charge is -2.34. The van der Waals surface area contributed by atoms with Gasteiger partial charge in [0.15, 0.2) is 0 Å². The van der Waals surface area contributed by atoms with Crippen LogP contribution in [0.25, 0.3) is 0 Å². The number of benzene rings is 1. The molecule has 2 aliphatic heterocycles. The molecule has 4 rings (SSSR count). The monoisotopic (exact) mass is 522 g/mol. The van der Waals surface area contributed by atoms with E-state index in [-0.39, 0.29) is 10.7 Å². The molecular formula is C25H22ClF3N2O3S. The van der Waals surface area contributed by atoms with Crippen LogP contribution in [0.2, 0.25) is 0 Å². The van der Waals surface area contributed by atoms with Crippen LogP contribution in [0.1, 0.15) is 18.4 Å². The normalized spacial score (nSPS) is 18.6. The molecule has 35 heavy (non-hydrogen) atoms. The van der Waals surface area contributed by atoms with Crippen LogP contribution in [0.3, 0.4) is 0 Å². The Balaban J connectivity index is 1.58. The van der Waals surface area contributed by atoms with E-state index in [2.05, 4.69) is 10.8 Å². The average molecular weight is 523 g/mol. The lowest BCUT2D eigenvalue weighted by Crippen LogP contribution is -2.37. The number of nitrogens with one attached hydrogen (secondary N) is 1. The van der Waals surface area contributed by atoms with Gasteiger partial charge in [-0.1, -0.05) is 29.8 Å². The predicted molar refractivity (Wildman–Crippen MR) is 128 cm³/mol. The van der Waals surface area contributed by atoms with Crippen molar-refractivity contribution in [3.8, 4) is 0 Å². The number of fused-ring (bicyclic) bond motifs is 1. The molecule has 0 fully saturated rings.